The lowest BCUT2D eigenvalue weighted by Crippen LogP contribution is -2.27. The second-order valence-electron chi connectivity index (χ2n) is 12.2. The van der Waals surface area contributed by atoms with Crippen LogP contribution in [0.25, 0.3) is 0 Å². The summed E-state index contributed by atoms with van der Waals surface area (Å²) in [7, 11) is 0. The second kappa shape index (κ2) is 11.7. The first-order chi connectivity index (χ1) is 15.5. The molecular weight excluding hydrogens is 395 g/mol. The zero-order valence-electron chi connectivity index (χ0n) is 20.9. The fourth-order valence-corrected chi connectivity index (χ4v) is 7.75. The summed E-state index contributed by atoms with van der Waals surface area (Å²) in [4.78, 5) is 0. The molecule has 1 N–H and O–H groups in total. The van der Waals surface area contributed by atoms with Crippen molar-refractivity contribution in [1.29, 1.82) is 0 Å². The molecule has 0 aliphatic heterocycles. The van der Waals surface area contributed by atoms with Gasteiger partial charge in [0.05, 0.1) is 6.10 Å². The minimum absolute atomic E-state index is 0.115. The van der Waals surface area contributed by atoms with Gasteiger partial charge in [0.25, 0.3) is 0 Å². The molecule has 4 aliphatic rings. The Morgan fingerprint density at radius 1 is 0.875 bits per heavy atom. The zero-order valence-corrected chi connectivity index (χ0v) is 20.9. The van der Waals surface area contributed by atoms with E-state index < -0.39 is 0 Å². The molecule has 0 heterocycles. The minimum Gasteiger partial charge on any atom is -0.393 e. The van der Waals surface area contributed by atoms with E-state index in [2.05, 4.69) is 19.9 Å². The Labute approximate surface area is 197 Å². The van der Waals surface area contributed by atoms with Crippen molar-refractivity contribution in [2.75, 3.05) is 0 Å². The van der Waals surface area contributed by atoms with E-state index >= 15 is 4.39 Å². The summed E-state index contributed by atoms with van der Waals surface area (Å²) in [5.74, 6) is 5.12. The molecule has 0 spiro atoms. The molecule has 0 radical (unpaired) electrons. The Balaban J connectivity index is 1.22. The number of halogens is 1. The van der Waals surface area contributed by atoms with Gasteiger partial charge < -0.3 is 5.11 Å². The van der Waals surface area contributed by atoms with Gasteiger partial charge in [-0.05, 0) is 124 Å². The van der Waals surface area contributed by atoms with Crippen molar-refractivity contribution in [2.45, 2.75) is 123 Å². The van der Waals surface area contributed by atoms with Gasteiger partial charge in [0.15, 0.2) is 0 Å². The molecule has 0 aromatic rings. The van der Waals surface area contributed by atoms with E-state index in [1.165, 1.54) is 77.0 Å². The maximum absolute atomic E-state index is 15.2. The van der Waals surface area contributed by atoms with Crippen LogP contribution in [0.5, 0.6) is 0 Å². The molecule has 4 aliphatic carbocycles. The summed E-state index contributed by atoms with van der Waals surface area (Å²) in [6.45, 7) is 4.56. The summed E-state index contributed by atoms with van der Waals surface area (Å²) in [6, 6.07) is 0. The fourth-order valence-electron chi connectivity index (χ4n) is 7.75. The fraction of sp³-hybridized carbons (Fsp3) is 0.867. The highest BCUT2D eigenvalue weighted by Gasteiger charge is 2.34. The van der Waals surface area contributed by atoms with E-state index in [9.17, 15) is 5.11 Å². The van der Waals surface area contributed by atoms with Crippen molar-refractivity contribution >= 4 is 0 Å². The summed E-state index contributed by atoms with van der Waals surface area (Å²) in [5.41, 5.74) is 1.06. The lowest BCUT2D eigenvalue weighted by Gasteiger charge is -2.38. The highest BCUT2D eigenvalue weighted by Crippen LogP contribution is 2.46. The van der Waals surface area contributed by atoms with Gasteiger partial charge in [-0.3, -0.25) is 0 Å². The zero-order chi connectivity index (χ0) is 22.5. The molecule has 1 nitrogen and oxygen atoms in total. The lowest BCUT2D eigenvalue weighted by atomic mass is 9.67. The number of rotatable bonds is 7. The van der Waals surface area contributed by atoms with Crippen LogP contribution in [0.2, 0.25) is 0 Å². The number of allylic oxidation sites excluding steroid dienone is 4. The summed E-state index contributed by atoms with van der Waals surface area (Å²) in [6.07, 6.45) is 23.9. The van der Waals surface area contributed by atoms with Crippen molar-refractivity contribution in [3.05, 3.63) is 23.6 Å². The van der Waals surface area contributed by atoms with Crippen LogP contribution in [0.3, 0.4) is 0 Å². The third kappa shape index (κ3) is 6.28. The van der Waals surface area contributed by atoms with Crippen LogP contribution < -0.4 is 0 Å². The van der Waals surface area contributed by atoms with Crippen LogP contribution in [0.4, 0.5) is 4.39 Å². The van der Waals surface area contributed by atoms with Crippen LogP contribution in [0.15, 0.2) is 23.6 Å². The second-order valence-corrected chi connectivity index (χ2v) is 12.2. The van der Waals surface area contributed by atoms with Crippen LogP contribution in [0, 0.1) is 41.4 Å². The Hall–Kier alpha value is -0.630. The Morgan fingerprint density at radius 2 is 1.47 bits per heavy atom. The van der Waals surface area contributed by atoms with Crippen molar-refractivity contribution in [1.82, 2.24) is 0 Å². The van der Waals surface area contributed by atoms with Crippen molar-refractivity contribution in [3.63, 3.8) is 0 Å². The van der Waals surface area contributed by atoms with E-state index in [0.717, 1.165) is 49.0 Å². The van der Waals surface area contributed by atoms with Gasteiger partial charge >= 0.3 is 0 Å². The third-order valence-corrected chi connectivity index (χ3v) is 9.91. The van der Waals surface area contributed by atoms with Crippen LogP contribution in [-0.2, 0) is 0 Å². The minimum atomic E-state index is -0.115. The molecule has 2 unspecified atom stereocenters. The number of hydrogen-bond acceptors (Lipinski definition) is 1. The maximum atomic E-state index is 15.2. The first-order valence-electron chi connectivity index (χ1n) is 14.3. The standard InChI is InChI=1S/C30H49FO/c1-3-4-28(32)19-22-7-11-25(12-8-22)27-17-18-29(30(31)20-27)26-15-13-24(14-16-26)23-9-5-21(2)6-10-23/h18,20-28,32H,3-17,19H2,1-2H3. The van der Waals surface area contributed by atoms with Crippen LogP contribution in [0.1, 0.15) is 117 Å². The van der Waals surface area contributed by atoms with E-state index in [0.29, 0.717) is 23.7 Å². The van der Waals surface area contributed by atoms with Crippen LogP contribution in [-0.4, -0.2) is 11.2 Å². The quantitative estimate of drug-likeness (QED) is 0.416. The average molecular weight is 445 g/mol. The van der Waals surface area contributed by atoms with Gasteiger partial charge in [-0.2, -0.15) is 0 Å². The first kappa shape index (κ1) is 24.5. The van der Waals surface area contributed by atoms with Gasteiger partial charge in [-0.15, -0.1) is 0 Å². The predicted octanol–water partition coefficient (Wildman–Crippen LogP) is 8.78. The van der Waals surface area contributed by atoms with E-state index in [1.54, 1.807) is 0 Å². The Kier molecular flexibility index (Phi) is 8.94. The van der Waals surface area contributed by atoms with Gasteiger partial charge in [-0.1, -0.05) is 52.0 Å². The summed E-state index contributed by atoms with van der Waals surface area (Å²) in [5, 5.41) is 10.1. The summed E-state index contributed by atoms with van der Waals surface area (Å²) >= 11 is 0. The summed E-state index contributed by atoms with van der Waals surface area (Å²) < 4.78 is 15.2. The molecule has 0 aromatic heterocycles. The first-order valence-corrected chi connectivity index (χ1v) is 14.3. The molecule has 2 heteroatoms. The molecule has 0 saturated heterocycles. The molecule has 182 valence electrons. The molecular formula is C30H49FO. The smallest absolute Gasteiger partial charge is 0.122 e. The molecule has 32 heavy (non-hydrogen) atoms. The molecule has 3 fully saturated rings. The largest absolute Gasteiger partial charge is 0.393 e. The number of hydrogen-bond donors (Lipinski definition) is 1. The topological polar surface area (TPSA) is 20.2 Å². The van der Waals surface area contributed by atoms with Gasteiger partial charge in [0, 0.05) is 0 Å². The molecule has 0 amide bonds. The van der Waals surface area contributed by atoms with Gasteiger partial charge in [-0.25, -0.2) is 4.39 Å². The predicted molar refractivity (Wildman–Crippen MR) is 133 cm³/mol. The SMILES string of the molecule is CCCC(O)CC1CCC(C2C=C(F)C(C3CCC(C4CCC(C)CC4)CC3)=CC2)CC1. The molecule has 2 atom stereocenters. The Bertz CT molecular complexity index is 627. The normalized spacial score (nSPS) is 39.8. The number of aliphatic hydroxyl groups is 1. The van der Waals surface area contributed by atoms with E-state index in [1.807, 2.05) is 6.08 Å². The van der Waals surface area contributed by atoms with E-state index in [-0.39, 0.29) is 11.9 Å². The highest BCUT2D eigenvalue weighted by atomic mass is 19.1. The number of aliphatic hydroxyl groups excluding tert-OH is 1. The van der Waals surface area contributed by atoms with Crippen LogP contribution >= 0.6 is 0 Å². The lowest BCUT2D eigenvalue weighted by molar-refractivity contribution is 0.109. The molecule has 0 bridgehead atoms. The monoisotopic (exact) mass is 444 g/mol. The average Bonchev–Trinajstić information content (AvgIpc) is 2.80. The van der Waals surface area contributed by atoms with E-state index in [4.69, 9.17) is 0 Å². The highest BCUT2D eigenvalue weighted by molar-refractivity contribution is 5.32. The molecule has 4 rings (SSSR count). The van der Waals surface area contributed by atoms with Gasteiger partial charge in [0.2, 0.25) is 0 Å². The Morgan fingerprint density at radius 3 is 2.06 bits per heavy atom. The molecule has 3 saturated carbocycles. The van der Waals surface area contributed by atoms with Crippen molar-refractivity contribution in [3.8, 4) is 0 Å². The third-order valence-electron chi connectivity index (χ3n) is 9.91. The maximum Gasteiger partial charge on any atom is 0.122 e. The molecule has 0 aromatic carbocycles. The van der Waals surface area contributed by atoms with Crippen molar-refractivity contribution in [2.24, 2.45) is 41.4 Å². The van der Waals surface area contributed by atoms with Crippen molar-refractivity contribution < 1.29 is 9.50 Å². The van der Waals surface area contributed by atoms with Gasteiger partial charge in [0.1, 0.15) is 5.83 Å².